The molecule has 0 aliphatic heterocycles. The normalized spacial score (nSPS) is 10.6. The summed E-state index contributed by atoms with van der Waals surface area (Å²) in [5, 5.41) is 6.85. The molecule has 16 heavy (non-hydrogen) atoms. The molecule has 0 spiro atoms. The largest absolute Gasteiger partial charge is 0.317 e. The van der Waals surface area contributed by atoms with E-state index in [0.29, 0.717) is 0 Å². The molecule has 1 aromatic heterocycles. The lowest BCUT2D eigenvalue weighted by molar-refractivity contribution is 0.593. The van der Waals surface area contributed by atoms with Gasteiger partial charge in [0.25, 0.3) is 0 Å². The van der Waals surface area contributed by atoms with Crippen LogP contribution in [0.3, 0.4) is 0 Å². The summed E-state index contributed by atoms with van der Waals surface area (Å²) in [6.45, 7) is 6.60. The van der Waals surface area contributed by atoms with Gasteiger partial charge in [-0.15, -0.1) is 0 Å². The smallest absolute Gasteiger partial charge is 0.0270 e. The van der Waals surface area contributed by atoms with Crippen molar-refractivity contribution in [1.29, 1.82) is 0 Å². The average Bonchev–Trinajstić information content (AvgIpc) is 2.34. The quantitative estimate of drug-likeness (QED) is 0.622. The van der Waals surface area contributed by atoms with Crippen LogP contribution in [-0.2, 0) is 6.42 Å². The fourth-order valence-corrected chi connectivity index (χ4v) is 1.55. The lowest BCUT2D eigenvalue weighted by Gasteiger charge is -2.05. The molecule has 0 saturated heterocycles. The van der Waals surface area contributed by atoms with Gasteiger partial charge in [0, 0.05) is 12.4 Å². The van der Waals surface area contributed by atoms with E-state index < -0.39 is 0 Å². The molecule has 3 nitrogen and oxygen atoms in total. The van der Waals surface area contributed by atoms with Gasteiger partial charge in [-0.05, 0) is 63.1 Å². The Morgan fingerprint density at radius 3 is 2.38 bits per heavy atom. The third-order valence-electron chi connectivity index (χ3n) is 2.47. The molecule has 90 valence electrons. The number of pyridine rings is 1. The third-order valence-corrected chi connectivity index (χ3v) is 2.47. The minimum Gasteiger partial charge on any atom is -0.317 e. The molecule has 1 rings (SSSR count). The molecule has 3 heteroatoms. The van der Waals surface area contributed by atoms with Gasteiger partial charge in [-0.25, -0.2) is 0 Å². The summed E-state index contributed by atoms with van der Waals surface area (Å²) < 4.78 is 0. The van der Waals surface area contributed by atoms with E-state index in [1.807, 2.05) is 12.4 Å². The highest BCUT2D eigenvalue weighted by molar-refractivity contribution is 5.09. The summed E-state index contributed by atoms with van der Waals surface area (Å²) in [7, 11) is 0. The van der Waals surface area contributed by atoms with Crippen LogP contribution in [0.5, 0.6) is 0 Å². The zero-order chi connectivity index (χ0) is 11.5. The van der Waals surface area contributed by atoms with Crippen molar-refractivity contribution in [1.82, 2.24) is 15.6 Å². The van der Waals surface area contributed by atoms with E-state index in [2.05, 4.69) is 34.7 Å². The Bertz CT molecular complexity index is 249. The Morgan fingerprint density at radius 1 is 1.00 bits per heavy atom. The molecule has 0 unspecified atom stereocenters. The lowest BCUT2D eigenvalue weighted by atomic mass is 10.2. The molecule has 1 aromatic rings. The van der Waals surface area contributed by atoms with Crippen molar-refractivity contribution in [3.63, 3.8) is 0 Å². The highest BCUT2D eigenvalue weighted by Gasteiger charge is 1.91. The molecule has 0 bridgehead atoms. The first kappa shape index (κ1) is 13.1. The molecule has 0 fully saturated rings. The maximum absolute atomic E-state index is 4.00. The predicted octanol–water partition coefficient (Wildman–Crippen LogP) is 1.60. The van der Waals surface area contributed by atoms with Crippen LogP contribution in [0.4, 0.5) is 0 Å². The zero-order valence-electron chi connectivity index (χ0n) is 10.2. The SMILES string of the molecule is CCCNCCCNCCc1ccncc1. The topological polar surface area (TPSA) is 37.0 Å². The van der Waals surface area contributed by atoms with Crippen molar-refractivity contribution in [3.8, 4) is 0 Å². The zero-order valence-corrected chi connectivity index (χ0v) is 10.2. The van der Waals surface area contributed by atoms with Crippen LogP contribution in [-0.4, -0.2) is 31.2 Å². The van der Waals surface area contributed by atoms with Gasteiger partial charge in [0.15, 0.2) is 0 Å². The predicted molar refractivity (Wildman–Crippen MR) is 68.6 cm³/mol. The van der Waals surface area contributed by atoms with Crippen LogP contribution < -0.4 is 10.6 Å². The second-order valence-electron chi connectivity index (χ2n) is 3.96. The van der Waals surface area contributed by atoms with Crippen LogP contribution in [0, 0.1) is 0 Å². The summed E-state index contributed by atoms with van der Waals surface area (Å²) in [4.78, 5) is 4.00. The minimum atomic E-state index is 1.05. The molecular weight excluding hydrogens is 198 g/mol. The molecule has 0 saturated carbocycles. The number of aromatic nitrogens is 1. The average molecular weight is 221 g/mol. The highest BCUT2D eigenvalue weighted by atomic mass is 14.9. The number of nitrogens with zero attached hydrogens (tertiary/aromatic N) is 1. The summed E-state index contributed by atoms with van der Waals surface area (Å²) >= 11 is 0. The van der Waals surface area contributed by atoms with Gasteiger partial charge < -0.3 is 10.6 Å². The first-order chi connectivity index (χ1) is 7.93. The van der Waals surface area contributed by atoms with E-state index in [0.717, 1.165) is 32.6 Å². The summed E-state index contributed by atoms with van der Waals surface area (Å²) in [6.07, 6.45) is 7.21. The second kappa shape index (κ2) is 9.31. The van der Waals surface area contributed by atoms with Crippen LogP contribution >= 0.6 is 0 Å². The fraction of sp³-hybridized carbons (Fsp3) is 0.615. The van der Waals surface area contributed by atoms with Crippen molar-refractivity contribution >= 4 is 0 Å². The molecule has 0 aliphatic carbocycles. The molecule has 0 aromatic carbocycles. The van der Waals surface area contributed by atoms with Crippen molar-refractivity contribution in [2.75, 3.05) is 26.2 Å². The van der Waals surface area contributed by atoms with Crippen LogP contribution in [0.2, 0.25) is 0 Å². The van der Waals surface area contributed by atoms with Crippen LogP contribution in [0.25, 0.3) is 0 Å². The molecule has 0 radical (unpaired) electrons. The van der Waals surface area contributed by atoms with Gasteiger partial charge in [-0.3, -0.25) is 4.98 Å². The van der Waals surface area contributed by atoms with E-state index in [4.69, 9.17) is 0 Å². The molecule has 0 amide bonds. The minimum absolute atomic E-state index is 1.05. The van der Waals surface area contributed by atoms with Gasteiger partial charge >= 0.3 is 0 Å². The standard InChI is InChI=1S/C13H23N3/c1-2-7-14-8-3-9-15-10-4-13-5-11-16-12-6-13/h5-6,11-12,14-15H,2-4,7-10H2,1H3. The molecule has 2 N–H and O–H groups in total. The molecule has 1 heterocycles. The van der Waals surface area contributed by atoms with Crippen molar-refractivity contribution in [2.24, 2.45) is 0 Å². The van der Waals surface area contributed by atoms with Crippen molar-refractivity contribution < 1.29 is 0 Å². The van der Waals surface area contributed by atoms with E-state index in [1.165, 1.54) is 18.4 Å². The maximum atomic E-state index is 4.00. The number of hydrogen-bond acceptors (Lipinski definition) is 3. The van der Waals surface area contributed by atoms with E-state index in [9.17, 15) is 0 Å². The van der Waals surface area contributed by atoms with E-state index in [1.54, 1.807) is 0 Å². The second-order valence-corrected chi connectivity index (χ2v) is 3.96. The van der Waals surface area contributed by atoms with Gasteiger partial charge in [0.2, 0.25) is 0 Å². The molecule has 0 atom stereocenters. The Balaban J connectivity index is 1.89. The Morgan fingerprint density at radius 2 is 1.69 bits per heavy atom. The Hall–Kier alpha value is -0.930. The van der Waals surface area contributed by atoms with Gasteiger partial charge in [0.05, 0.1) is 0 Å². The number of rotatable bonds is 9. The highest BCUT2D eigenvalue weighted by Crippen LogP contribution is 1.95. The first-order valence-electron chi connectivity index (χ1n) is 6.24. The first-order valence-corrected chi connectivity index (χ1v) is 6.24. The van der Waals surface area contributed by atoms with Gasteiger partial charge in [-0.2, -0.15) is 0 Å². The summed E-state index contributed by atoms with van der Waals surface area (Å²) in [5.41, 5.74) is 1.35. The summed E-state index contributed by atoms with van der Waals surface area (Å²) in [5.74, 6) is 0. The summed E-state index contributed by atoms with van der Waals surface area (Å²) in [6, 6.07) is 4.15. The maximum Gasteiger partial charge on any atom is 0.0270 e. The lowest BCUT2D eigenvalue weighted by Crippen LogP contribution is -2.23. The molecule has 0 aliphatic rings. The molecular formula is C13H23N3. The Labute approximate surface area is 98.7 Å². The van der Waals surface area contributed by atoms with E-state index in [-0.39, 0.29) is 0 Å². The Kier molecular flexibility index (Phi) is 7.64. The van der Waals surface area contributed by atoms with Gasteiger partial charge in [-0.1, -0.05) is 6.92 Å². The third kappa shape index (κ3) is 6.53. The number of hydrogen-bond donors (Lipinski definition) is 2. The van der Waals surface area contributed by atoms with Crippen LogP contribution in [0.1, 0.15) is 25.3 Å². The monoisotopic (exact) mass is 221 g/mol. The number of nitrogens with one attached hydrogen (secondary N) is 2. The van der Waals surface area contributed by atoms with Crippen molar-refractivity contribution in [2.45, 2.75) is 26.2 Å². The van der Waals surface area contributed by atoms with Gasteiger partial charge in [0.1, 0.15) is 0 Å². The fourth-order valence-electron chi connectivity index (χ4n) is 1.55. The van der Waals surface area contributed by atoms with Crippen LogP contribution in [0.15, 0.2) is 24.5 Å². The van der Waals surface area contributed by atoms with E-state index >= 15 is 0 Å². The van der Waals surface area contributed by atoms with Crippen molar-refractivity contribution in [3.05, 3.63) is 30.1 Å².